The minimum Gasteiger partial charge on any atom is -0.481 e. The van der Waals surface area contributed by atoms with Crippen molar-refractivity contribution in [3.8, 4) is 0 Å². The number of hydrogen-bond donors (Lipinski definition) is 1. The molecule has 0 radical (unpaired) electrons. The van der Waals surface area contributed by atoms with Crippen molar-refractivity contribution in [2.45, 2.75) is 116 Å². The van der Waals surface area contributed by atoms with Crippen molar-refractivity contribution < 1.29 is 14.3 Å². The second-order valence-corrected chi connectivity index (χ2v) is 13.6. The SMILES string of the molecule is CC(C)[Si](OCCCCCCCCCCC(=O)O)(C(C)C)C(C)C. The molecule has 144 valence electrons. The van der Waals surface area contributed by atoms with Gasteiger partial charge in [0.1, 0.15) is 0 Å². The maximum Gasteiger partial charge on any atom is 0.303 e. The van der Waals surface area contributed by atoms with Crippen LogP contribution in [0.1, 0.15) is 99.3 Å². The second kappa shape index (κ2) is 12.9. The van der Waals surface area contributed by atoms with Gasteiger partial charge >= 0.3 is 5.97 Å². The van der Waals surface area contributed by atoms with Gasteiger partial charge in [-0.15, -0.1) is 0 Å². The van der Waals surface area contributed by atoms with Gasteiger partial charge in [-0.2, -0.15) is 0 Å². The summed E-state index contributed by atoms with van der Waals surface area (Å²) in [5, 5.41) is 8.59. The Hall–Kier alpha value is -0.353. The molecule has 0 aromatic carbocycles. The van der Waals surface area contributed by atoms with Crippen molar-refractivity contribution >= 4 is 14.3 Å². The molecular formula is C20H42O3Si. The Morgan fingerprint density at radius 2 is 1.12 bits per heavy atom. The normalized spacial score (nSPS) is 12.5. The fourth-order valence-corrected chi connectivity index (χ4v) is 9.69. The van der Waals surface area contributed by atoms with Crippen molar-refractivity contribution in [2.24, 2.45) is 0 Å². The van der Waals surface area contributed by atoms with Crippen LogP contribution < -0.4 is 0 Å². The van der Waals surface area contributed by atoms with Crippen LogP contribution in [-0.2, 0) is 9.22 Å². The van der Waals surface area contributed by atoms with Crippen LogP contribution in [0.15, 0.2) is 0 Å². The molecule has 0 heterocycles. The van der Waals surface area contributed by atoms with Gasteiger partial charge in [0.25, 0.3) is 0 Å². The molecule has 0 aromatic heterocycles. The van der Waals surface area contributed by atoms with Gasteiger partial charge in [0.15, 0.2) is 8.32 Å². The summed E-state index contributed by atoms with van der Waals surface area (Å²) in [4.78, 5) is 10.4. The molecule has 24 heavy (non-hydrogen) atoms. The van der Waals surface area contributed by atoms with Gasteiger partial charge in [-0.3, -0.25) is 4.79 Å². The van der Waals surface area contributed by atoms with Gasteiger partial charge in [-0.05, 0) is 29.5 Å². The third-order valence-corrected chi connectivity index (χ3v) is 11.5. The summed E-state index contributed by atoms with van der Waals surface area (Å²) in [6.07, 6.45) is 9.61. The maximum atomic E-state index is 10.4. The number of carbonyl (C=O) groups is 1. The molecule has 0 saturated carbocycles. The van der Waals surface area contributed by atoms with Crippen LogP contribution in [0.5, 0.6) is 0 Å². The fourth-order valence-electron chi connectivity index (χ4n) is 4.19. The number of rotatable bonds is 15. The summed E-state index contributed by atoms with van der Waals surface area (Å²) < 4.78 is 6.58. The van der Waals surface area contributed by atoms with Crippen LogP contribution in [0, 0.1) is 0 Å². The van der Waals surface area contributed by atoms with E-state index in [0.29, 0.717) is 23.0 Å². The van der Waals surface area contributed by atoms with Crippen LogP contribution in [0.25, 0.3) is 0 Å². The predicted octanol–water partition coefficient (Wildman–Crippen LogP) is 6.77. The van der Waals surface area contributed by atoms with Crippen molar-refractivity contribution in [1.29, 1.82) is 0 Å². The van der Waals surface area contributed by atoms with Crippen LogP contribution in [-0.4, -0.2) is 26.0 Å². The van der Waals surface area contributed by atoms with Gasteiger partial charge in [0.05, 0.1) is 0 Å². The molecule has 0 spiro atoms. The highest BCUT2D eigenvalue weighted by Gasteiger charge is 2.44. The summed E-state index contributed by atoms with van der Waals surface area (Å²) in [7, 11) is -1.68. The monoisotopic (exact) mass is 358 g/mol. The zero-order valence-electron chi connectivity index (χ0n) is 17.1. The smallest absolute Gasteiger partial charge is 0.303 e. The summed E-state index contributed by atoms with van der Waals surface area (Å²) >= 11 is 0. The van der Waals surface area contributed by atoms with E-state index in [1.54, 1.807) is 0 Å². The first-order valence-electron chi connectivity index (χ1n) is 10.1. The largest absolute Gasteiger partial charge is 0.481 e. The van der Waals surface area contributed by atoms with E-state index < -0.39 is 14.3 Å². The zero-order valence-corrected chi connectivity index (χ0v) is 18.1. The minimum absolute atomic E-state index is 0.324. The number of carboxylic acids is 1. The zero-order chi connectivity index (χ0) is 18.6. The summed E-state index contributed by atoms with van der Waals surface area (Å²) in [5.41, 5.74) is 2.01. The van der Waals surface area contributed by atoms with Crippen molar-refractivity contribution in [3.63, 3.8) is 0 Å². The summed E-state index contributed by atoms with van der Waals surface area (Å²) in [6, 6.07) is 0. The van der Waals surface area contributed by atoms with Crippen LogP contribution >= 0.6 is 0 Å². The Bertz CT molecular complexity index is 305. The van der Waals surface area contributed by atoms with Crippen LogP contribution in [0.3, 0.4) is 0 Å². The van der Waals surface area contributed by atoms with Gasteiger partial charge in [-0.25, -0.2) is 0 Å². The lowest BCUT2D eigenvalue weighted by molar-refractivity contribution is -0.137. The molecule has 0 aliphatic carbocycles. The van der Waals surface area contributed by atoms with E-state index >= 15 is 0 Å². The van der Waals surface area contributed by atoms with Gasteiger partial charge in [0.2, 0.25) is 0 Å². The number of unbranched alkanes of at least 4 members (excludes halogenated alkanes) is 7. The molecule has 1 N–H and O–H groups in total. The lowest BCUT2D eigenvalue weighted by atomic mass is 10.1. The van der Waals surface area contributed by atoms with Crippen molar-refractivity contribution in [1.82, 2.24) is 0 Å². The second-order valence-electron chi connectivity index (χ2n) is 8.14. The van der Waals surface area contributed by atoms with E-state index in [9.17, 15) is 4.79 Å². The molecular weight excluding hydrogens is 316 g/mol. The van der Waals surface area contributed by atoms with E-state index in [1.165, 1.54) is 38.5 Å². The Kier molecular flexibility index (Phi) is 12.7. The minimum atomic E-state index is -1.68. The Morgan fingerprint density at radius 3 is 1.50 bits per heavy atom. The lowest BCUT2D eigenvalue weighted by Gasteiger charge is -2.42. The van der Waals surface area contributed by atoms with Crippen molar-refractivity contribution in [2.75, 3.05) is 6.61 Å². The third-order valence-electron chi connectivity index (χ3n) is 5.34. The molecule has 0 aromatic rings. The highest BCUT2D eigenvalue weighted by Crippen LogP contribution is 2.42. The molecule has 0 aliphatic rings. The standard InChI is InChI=1S/C20H42O3Si/c1-17(2)24(18(3)4,19(5)6)23-16-14-12-10-8-7-9-11-13-15-20(21)22/h17-19H,7-16H2,1-6H3,(H,21,22). The van der Waals surface area contributed by atoms with Crippen LogP contribution in [0.2, 0.25) is 16.6 Å². The number of hydrogen-bond acceptors (Lipinski definition) is 2. The van der Waals surface area contributed by atoms with Crippen molar-refractivity contribution in [3.05, 3.63) is 0 Å². The van der Waals surface area contributed by atoms with Gasteiger partial charge in [0, 0.05) is 13.0 Å². The third kappa shape index (κ3) is 8.66. The predicted molar refractivity (Wildman–Crippen MR) is 106 cm³/mol. The molecule has 0 atom stereocenters. The summed E-state index contributed by atoms with van der Waals surface area (Å²) in [6.45, 7) is 15.0. The molecule has 0 unspecified atom stereocenters. The summed E-state index contributed by atoms with van der Waals surface area (Å²) in [5.74, 6) is -0.668. The Balaban J connectivity index is 3.79. The van der Waals surface area contributed by atoms with Gasteiger partial charge < -0.3 is 9.53 Å². The number of aliphatic carboxylic acids is 1. The Morgan fingerprint density at radius 1 is 0.750 bits per heavy atom. The highest BCUT2D eigenvalue weighted by atomic mass is 28.4. The molecule has 0 fully saturated rings. The average molecular weight is 359 g/mol. The average Bonchev–Trinajstić information content (AvgIpc) is 2.47. The highest BCUT2D eigenvalue weighted by molar-refractivity contribution is 6.77. The first-order chi connectivity index (χ1) is 11.2. The van der Waals surface area contributed by atoms with Gasteiger partial charge in [-0.1, -0.05) is 80.1 Å². The van der Waals surface area contributed by atoms with Crippen LogP contribution in [0.4, 0.5) is 0 Å². The first kappa shape index (κ1) is 23.6. The maximum absolute atomic E-state index is 10.4. The van der Waals surface area contributed by atoms with E-state index in [2.05, 4.69) is 41.5 Å². The van der Waals surface area contributed by atoms with E-state index in [0.717, 1.165) is 19.4 Å². The molecule has 0 aliphatic heterocycles. The molecule has 4 heteroatoms. The molecule has 0 rings (SSSR count). The fraction of sp³-hybridized carbons (Fsp3) is 0.950. The topological polar surface area (TPSA) is 46.5 Å². The molecule has 0 amide bonds. The molecule has 0 bridgehead atoms. The molecule has 0 saturated heterocycles. The van der Waals surface area contributed by atoms with E-state index in [-0.39, 0.29) is 0 Å². The lowest BCUT2D eigenvalue weighted by Crippen LogP contribution is -2.47. The van der Waals surface area contributed by atoms with E-state index in [4.69, 9.17) is 9.53 Å². The van der Waals surface area contributed by atoms with E-state index in [1.807, 2.05) is 0 Å². The quantitative estimate of drug-likeness (QED) is 0.259. The first-order valence-corrected chi connectivity index (χ1v) is 12.2. The molecule has 3 nitrogen and oxygen atoms in total. The Labute approximate surface area is 151 Å². The number of carboxylic acid groups (broad SMARTS) is 1.